The highest BCUT2D eigenvalue weighted by atomic mass is 35.5. The summed E-state index contributed by atoms with van der Waals surface area (Å²) in [6, 6.07) is 3.86. The topological polar surface area (TPSA) is 33.4 Å². The van der Waals surface area contributed by atoms with Crippen LogP contribution >= 0.6 is 11.6 Å². The van der Waals surface area contributed by atoms with Crippen LogP contribution in [-0.4, -0.2) is 28.7 Å². The third-order valence-corrected chi connectivity index (χ3v) is 1.93. The molecule has 0 radical (unpaired) electrons. The Morgan fingerprint density at radius 2 is 2.23 bits per heavy atom. The number of aromatic nitrogens is 3. The maximum absolute atomic E-state index is 5.76. The molecule has 0 saturated heterocycles. The minimum atomic E-state index is 0.257. The fraction of sp³-hybridized carbons (Fsp3) is 0.250. The van der Waals surface area contributed by atoms with Crippen molar-refractivity contribution in [3.8, 4) is 0 Å². The molecule has 0 atom stereocenters. The van der Waals surface area contributed by atoms with Gasteiger partial charge in [0, 0.05) is 20.3 Å². The summed E-state index contributed by atoms with van der Waals surface area (Å²) in [5.74, 6) is 0.824. The molecule has 4 nitrogen and oxygen atoms in total. The Morgan fingerprint density at radius 1 is 1.46 bits per heavy atom. The summed E-state index contributed by atoms with van der Waals surface area (Å²) in [7, 11) is 3.84. The normalized spacial score (nSPS) is 10.7. The van der Waals surface area contributed by atoms with Crippen LogP contribution < -0.4 is 4.90 Å². The summed E-state index contributed by atoms with van der Waals surface area (Å²) in [6.07, 6.45) is 1.84. The highest BCUT2D eigenvalue weighted by Crippen LogP contribution is 2.18. The SMILES string of the molecule is CN(C)c1nc(Cl)nn2cccc12. The van der Waals surface area contributed by atoms with Crippen LogP contribution in [0.4, 0.5) is 5.82 Å². The lowest BCUT2D eigenvalue weighted by atomic mass is 10.5. The molecule has 0 unspecified atom stereocenters. The van der Waals surface area contributed by atoms with Gasteiger partial charge in [0.1, 0.15) is 5.52 Å². The Hall–Kier alpha value is -1.29. The molecule has 0 amide bonds. The molecule has 13 heavy (non-hydrogen) atoms. The number of rotatable bonds is 1. The van der Waals surface area contributed by atoms with Crippen LogP contribution in [0.3, 0.4) is 0 Å². The lowest BCUT2D eigenvalue weighted by Crippen LogP contribution is -2.13. The summed E-state index contributed by atoms with van der Waals surface area (Å²) in [4.78, 5) is 6.04. The molecule has 0 aliphatic carbocycles. The van der Waals surface area contributed by atoms with Crippen molar-refractivity contribution in [1.29, 1.82) is 0 Å². The van der Waals surface area contributed by atoms with Gasteiger partial charge >= 0.3 is 0 Å². The fourth-order valence-electron chi connectivity index (χ4n) is 1.22. The largest absolute Gasteiger partial charge is 0.361 e. The monoisotopic (exact) mass is 196 g/mol. The number of nitrogens with zero attached hydrogens (tertiary/aromatic N) is 4. The molecule has 0 aliphatic rings. The molecule has 0 spiro atoms. The molecule has 0 fully saturated rings. The van der Waals surface area contributed by atoms with Crippen molar-refractivity contribution in [2.24, 2.45) is 0 Å². The molecule has 0 aliphatic heterocycles. The van der Waals surface area contributed by atoms with Gasteiger partial charge < -0.3 is 4.90 Å². The maximum atomic E-state index is 5.76. The van der Waals surface area contributed by atoms with Crippen LogP contribution in [0.2, 0.25) is 5.28 Å². The average molecular weight is 197 g/mol. The first-order valence-corrected chi connectivity index (χ1v) is 4.24. The van der Waals surface area contributed by atoms with Gasteiger partial charge in [-0.25, -0.2) is 4.52 Å². The van der Waals surface area contributed by atoms with Gasteiger partial charge in [-0.05, 0) is 23.7 Å². The summed E-state index contributed by atoms with van der Waals surface area (Å²) >= 11 is 5.76. The highest BCUT2D eigenvalue weighted by Gasteiger charge is 2.06. The van der Waals surface area contributed by atoms with E-state index in [-0.39, 0.29) is 5.28 Å². The van der Waals surface area contributed by atoms with E-state index in [1.165, 1.54) is 0 Å². The van der Waals surface area contributed by atoms with Crippen molar-refractivity contribution < 1.29 is 0 Å². The molecule has 0 N–H and O–H groups in total. The van der Waals surface area contributed by atoms with Crippen molar-refractivity contribution in [2.75, 3.05) is 19.0 Å². The van der Waals surface area contributed by atoms with E-state index in [0.717, 1.165) is 11.3 Å². The number of anilines is 1. The first-order chi connectivity index (χ1) is 6.18. The smallest absolute Gasteiger partial charge is 0.243 e. The Labute approximate surface area is 80.8 Å². The second-order valence-corrected chi connectivity index (χ2v) is 3.27. The van der Waals surface area contributed by atoms with Gasteiger partial charge in [-0.2, -0.15) is 4.98 Å². The predicted molar refractivity (Wildman–Crippen MR) is 52.3 cm³/mol. The third kappa shape index (κ3) is 1.33. The fourth-order valence-corrected chi connectivity index (χ4v) is 1.38. The molecule has 2 aromatic heterocycles. The number of halogens is 1. The van der Waals surface area contributed by atoms with Gasteiger partial charge in [-0.3, -0.25) is 0 Å². The zero-order valence-corrected chi connectivity index (χ0v) is 8.15. The van der Waals surface area contributed by atoms with Crippen LogP contribution in [0.5, 0.6) is 0 Å². The zero-order valence-electron chi connectivity index (χ0n) is 7.40. The minimum Gasteiger partial charge on any atom is -0.361 e. The predicted octanol–water partition coefficient (Wildman–Crippen LogP) is 1.45. The van der Waals surface area contributed by atoms with E-state index in [4.69, 9.17) is 11.6 Å². The van der Waals surface area contributed by atoms with Crippen LogP contribution in [0.15, 0.2) is 18.3 Å². The van der Waals surface area contributed by atoms with E-state index in [0.29, 0.717) is 0 Å². The van der Waals surface area contributed by atoms with Crippen LogP contribution in [0, 0.1) is 0 Å². The number of hydrogen-bond acceptors (Lipinski definition) is 3. The third-order valence-electron chi connectivity index (χ3n) is 1.77. The summed E-state index contributed by atoms with van der Waals surface area (Å²) in [5, 5.41) is 4.28. The van der Waals surface area contributed by atoms with Crippen molar-refractivity contribution in [3.05, 3.63) is 23.6 Å². The molecule has 0 aromatic carbocycles. The van der Waals surface area contributed by atoms with Gasteiger partial charge in [0.05, 0.1) is 0 Å². The first kappa shape index (κ1) is 8.31. The Morgan fingerprint density at radius 3 is 2.92 bits per heavy atom. The Balaban J connectivity index is 2.77. The maximum Gasteiger partial charge on any atom is 0.243 e. The van der Waals surface area contributed by atoms with Crippen molar-refractivity contribution in [1.82, 2.24) is 14.6 Å². The lowest BCUT2D eigenvalue weighted by molar-refractivity contribution is 0.889. The van der Waals surface area contributed by atoms with E-state index in [2.05, 4.69) is 10.1 Å². The van der Waals surface area contributed by atoms with Gasteiger partial charge in [-0.1, -0.05) is 0 Å². The average Bonchev–Trinajstić information content (AvgIpc) is 2.49. The molecule has 2 heterocycles. The van der Waals surface area contributed by atoms with Crippen LogP contribution in [-0.2, 0) is 0 Å². The molecule has 0 saturated carbocycles. The Bertz CT molecular complexity index is 435. The van der Waals surface area contributed by atoms with E-state index in [1.807, 2.05) is 37.3 Å². The first-order valence-electron chi connectivity index (χ1n) is 3.86. The van der Waals surface area contributed by atoms with Gasteiger partial charge in [0.25, 0.3) is 0 Å². The molecule has 0 bridgehead atoms. The minimum absolute atomic E-state index is 0.257. The van der Waals surface area contributed by atoms with Crippen LogP contribution in [0.1, 0.15) is 0 Å². The van der Waals surface area contributed by atoms with Gasteiger partial charge in [-0.15, -0.1) is 5.10 Å². The summed E-state index contributed by atoms with van der Waals surface area (Å²) in [6.45, 7) is 0. The van der Waals surface area contributed by atoms with Crippen LogP contribution in [0.25, 0.3) is 5.52 Å². The molecule has 5 heteroatoms. The van der Waals surface area contributed by atoms with E-state index in [9.17, 15) is 0 Å². The van der Waals surface area contributed by atoms with E-state index < -0.39 is 0 Å². The zero-order chi connectivity index (χ0) is 9.42. The highest BCUT2D eigenvalue weighted by molar-refractivity contribution is 6.28. The van der Waals surface area contributed by atoms with Gasteiger partial charge in [0.2, 0.25) is 5.28 Å². The lowest BCUT2D eigenvalue weighted by Gasteiger charge is -2.12. The molecule has 2 aromatic rings. The quantitative estimate of drug-likeness (QED) is 0.692. The van der Waals surface area contributed by atoms with E-state index in [1.54, 1.807) is 4.52 Å². The summed E-state index contributed by atoms with van der Waals surface area (Å²) in [5.41, 5.74) is 0.953. The molecule has 68 valence electrons. The van der Waals surface area contributed by atoms with E-state index >= 15 is 0 Å². The second kappa shape index (κ2) is 2.88. The number of hydrogen-bond donors (Lipinski definition) is 0. The Kier molecular flexibility index (Phi) is 1.84. The number of fused-ring (bicyclic) bond motifs is 1. The standard InChI is InChI=1S/C8H9ClN4/c1-12(2)7-6-4-3-5-13(6)11-8(9)10-7/h3-5H,1-2H3. The molecule has 2 rings (SSSR count). The van der Waals surface area contributed by atoms with Crippen molar-refractivity contribution >= 4 is 22.9 Å². The van der Waals surface area contributed by atoms with Gasteiger partial charge in [0.15, 0.2) is 5.82 Å². The molecular weight excluding hydrogens is 188 g/mol. The van der Waals surface area contributed by atoms with Crippen molar-refractivity contribution in [2.45, 2.75) is 0 Å². The van der Waals surface area contributed by atoms with Crippen molar-refractivity contribution in [3.63, 3.8) is 0 Å². The second-order valence-electron chi connectivity index (χ2n) is 2.94. The molecular formula is C8H9ClN4. The summed E-state index contributed by atoms with van der Waals surface area (Å²) < 4.78 is 1.71.